The molecule has 0 unspecified atom stereocenters. The highest BCUT2D eigenvalue weighted by Gasteiger charge is 2.27. The van der Waals surface area contributed by atoms with Crippen LogP contribution in [-0.4, -0.2) is 47.4 Å². The second-order valence-electron chi connectivity index (χ2n) is 6.20. The van der Waals surface area contributed by atoms with Gasteiger partial charge in [0.05, 0.1) is 18.9 Å². The number of pyridine rings is 1. The molecule has 1 aromatic heterocycles. The van der Waals surface area contributed by atoms with Gasteiger partial charge in [0.25, 0.3) is 0 Å². The number of ether oxygens (including phenoxy) is 1. The van der Waals surface area contributed by atoms with Crippen LogP contribution in [-0.2, 0) is 17.7 Å². The normalized spacial score (nSPS) is 26.6. The third-order valence-electron chi connectivity index (χ3n) is 4.86. The fourth-order valence-corrected chi connectivity index (χ4v) is 3.53. The SMILES string of the molecule is CCc1ccc([C@@H]2CCOC2)c(CN2CCC[C@H]2CO)n1. The van der Waals surface area contributed by atoms with E-state index < -0.39 is 0 Å². The Hall–Kier alpha value is -0.970. The lowest BCUT2D eigenvalue weighted by atomic mass is 9.96. The van der Waals surface area contributed by atoms with E-state index >= 15 is 0 Å². The number of aliphatic hydroxyl groups excluding tert-OH is 1. The predicted octanol–water partition coefficient (Wildman–Crippen LogP) is 2.10. The Kier molecular flexibility index (Phi) is 4.88. The van der Waals surface area contributed by atoms with Crippen molar-refractivity contribution in [2.45, 2.75) is 51.1 Å². The van der Waals surface area contributed by atoms with Crippen LogP contribution in [0.15, 0.2) is 12.1 Å². The Morgan fingerprint density at radius 3 is 3.00 bits per heavy atom. The summed E-state index contributed by atoms with van der Waals surface area (Å²) in [5.41, 5.74) is 3.71. The molecule has 0 aliphatic carbocycles. The lowest BCUT2D eigenvalue weighted by Gasteiger charge is -2.24. The second-order valence-corrected chi connectivity index (χ2v) is 6.20. The molecule has 2 aliphatic heterocycles. The molecule has 0 bridgehead atoms. The first-order valence-corrected chi connectivity index (χ1v) is 8.23. The maximum absolute atomic E-state index is 9.51. The number of aryl methyl sites for hydroxylation is 1. The van der Waals surface area contributed by atoms with Gasteiger partial charge in [-0.3, -0.25) is 9.88 Å². The van der Waals surface area contributed by atoms with Crippen LogP contribution >= 0.6 is 0 Å². The van der Waals surface area contributed by atoms with Crippen molar-refractivity contribution in [3.05, 3.63) is 29.1 Å². The van der Waals surface area contributed by atoms with Gasteiger partial charge >= 0.3 is 0 Å². The van der Waals surface area contributed by atoms with Crippen molar-refractivity contribution >= 4 is 0 Å². The molecule has 0 radical (unpaired) electrons. The molecule has 1 aromatic rings. The van der Waals surface area contributed by atoms with Gasteiger partial charge in [0, 0.05) is 30.8 Å². The van der Waals surface area contributed by atoms with E-state index in [9.17, 15) is 5.11 Å². The molecule has 0 aromatic carbocycles. The van der Waals surface area contributed by atoms with E-state index in [0.717, 1.165) is 51.3 Å². The Morgan fingerprint density at radius 2 is 2.29 bits per heavy atom. The first-order chi connectivity index (χ1) is 10.3. The quantitative estimate of drug-likeness (QED) is 0.902. The Morgan fingerprint density at radius 1 is 1.38 bits per heavy atom. The summed E-state index contributed by atoms with van der Waals surface area (Å²) in [7, 11) is 0. The van der Waals surface area contributed by atoms with E-state index in [1.165, 1.54) is 17.7 Å². The lowest BCUT2D eigenvalue weighted by Crippen LogP contribution is -2.32. The second kappa shape index (κ2) is 6.86. The summed E-state index contributed by atoms with van der Waals surface area (Å²) in [5.74, 6) is 0.494. The highest BCUT2D eigenvalue weighted by atomic mass is 16.5. The number of aromatic nitrogens is 1. The smallest absolute Gasteiger partial charge is 0.0587 e. The van der Waals surface area contributed by atoms with E-state index in [1.807, 2.05) is 0 Å². The van der Waals surface area contributed by atoms with E-state index in [4.69, 9.17) is 9.72 Å². The summed E-state index contributed by atoms with van der Waals surface area (Å²) in [4.78, 5) is 7.28. The average Bonchev–Trinajstić information content (AvgIpc) is 3.18. The highest BCUT2D eigenvalue weighted by molar-refractivity contribution is 5.28. The van der Waals surface area contributed by atoms with Crippen LogP contribution in [0.3, 0.4) is 0 Å². The molecule has 116 valence electrons. The summed E-state index contributed by atoms with van der Waals surface area (Å²) in [6.07, 6.45) is 4.36. The van der Waals surface area contributed by atoms with Crippen LogP contribution in [0.1, 0.15) is 49.1 Å². The van der Waals surface area contributed by atoms with E-state index in [-0.39, 0.29) is 6.61 Å². The summed E-state index contributed by atoms with van der Waals surface area (Å²) in [6, 6.07) is 4.72. The molecule has 2 atom stereocenters. The van der Waals surface area contributed by atoms with Crippen molar-refractivity contribution in [3.63, 3.8) is 0 Å². The van der Waals surface area contributed by atoms with Gasteiger partial charge in [0.2, 0.25) is 0 Å². The molecule has 1 N–H and O–H groups in total. The monoisotopic (exact) mass is 290 g/mol. The summed E-state index contributed by atoms with van der Waals surface area (Å²) in [6.45, 7) is 6.03. The molecular formula is C17H26N2O2. The van der Waals surface area contributed by atoms with Crippen LogP contribution in [0, 0.1) is 0 Å². The molecule has 0 amide bonds. The summed E-state index contributed by atoms with van der Waals surface area (Å²) < 4.78 is 5.55. The molecule has 3 heterocycles. The maximum Gasteiger partial charge on any atom is 0.0587 e. The predicted molar refractivity (Wildman–Crippen MR) is 82.3 cm³/mol. The van der Waals surface area contributed by atoms with Crippen LogP contribution in [0.2, 0.25) is 0 Å². The number of rotatable bonds is 5. The number of aliphatic hydroxyl groups is 1. The van der Waals surface area contributed by atoms with Gasteiger partial charge < -0.3 is 9.84 Å². The zero-order valence-electron chi connectivity index (χ0n) is 12.9. The topological polar surface area (TPSA) is 45.6 Å². The Bertz CT molecular complexity index is 472. The van der Waals surface area contributed by atoms with Crippen molar-refractivity contribution < 1.29 is 9.84 Å². The minimum Gasteiger partial charge on any atom is -0.395 e. The lowest BCUT2D eigenvalue weighted by molar-refractivity contribution is 0.151. The van der Waals surface area contributed by atoms with Crippen LogP contribution in [0.25, 0.3) is 0 Å². The summed E-state index contributed by atoms with van der Waals surface area (Å²) >= 11 is 0. The molecule has 4 heteroatoms. The van der Waals surface area contributed by atoms with Crippen molar-refractivity contribution in [1.29, 1.82) is 0 Å². The summed E-state index contributed by atoms with van der Waals surface area (Å²) in [5, 5.41) is 9.51. The molecule has 3 rings (SSSR count). The van der Waals surface area contributed by atoms with E-state index in [2.05, 4.69) is 24.0 Å². The minimum absolute atomic E-state index is 0.259. The molecule has 2 fully saturated rings. The van der Waals surface area contributed by atoms with Gasteiger partial charge in [-0.05, 0) is 43.9 Å². The van der Waals surface area contributed by atoms with E-state index in [1.54, 1.807) is 0 Å². The van der Waals surface area contributed by atoms with E-state index in [0.29, 0.717) is 12.0 Å². The zero-order valence-corrected chi connectivity index (χ0v) is 12.9. The van der Waals surface area contributed by atoms with Gasteiger partial charge in [-0.15, -0.1) is 0 Å². The number of hydrogen-bond donors (Lipinski definition) is 1. The molecular weight excluding hydrogens is 264 g/mol. The highest BCUT2D eigenvalue weighted by Crippen LogP contribution is 2.29. The molecule has 2 saturated heterocycles. The van der Waals surface area contributed by atoms with Crippen LogP contribution in [0.5, 0.6) is 0 Å². The van der Waals surface area contributed by atoms with Crippen molar-refractivity contribution in [2.75, 3.05) is 26.4 Å². The molecule has 0 spiro atoms. The molecule has 0 saturated carbocycles. The number of nitrogens with zero attached hydrogens (tertiary/aromatic N) is 2. The molecule has 4 nitrogen and oxygen atoms in total. The first-order valence-electron chi connectivity index (χ1n) is 8.23. The Labute approximate surface area is 127 Å². The van der Waals surface area contributed by atoms with Gasteiger partial charge in [0.15, 0.2) is 0 Å². The third kappa shape index (κ3) is 3.28. The number of hydrogen-bond acceptors (Lipinski definition) is 4. The zero-order chi connectivity index (χ0) is 14.7. The fourth-order valence-electron chi connectivity index (χ4n) is 3.53. The van der Waals surface area contributed by atoms with Gasteiger partial charge in [-0.25, -0.2) is 0 Å². The van der Waals surface area contributed by atoms with Crippen molar-refractivity contribution in [2.24, 2.45) is 0 Å². The van der Waals surface area contributed by atoms with Gasteiger partial charge in [-0.1, -0.05) is 13.0 Å². The molecule has 21 heavy (non-hydrogen) atoms. The standard InChI is InChI=1S/C17H26N2O2/c1-2-14-5-6-16(13-7-9-21-12-13)17(18-14)10-19-8-3-4-15(19)11-20/h5-6,13,15,20H,2-4,7-12H2,1H3/t13-,15+/m1/s1. The molecule has 2 aliphatic rings. The number of likely N-dealkylation sites (tertiary alicyclic amines) is 1. The third-order valence-corrected chi connectivity index (χ3v) is 4.86. The maximum atomic E-state index is 9.51. The van der Waals surface area contributed by atoms with Crippen molar-refractivity contribution in [3.8, 4) is 0 Å². The average molecular weight is 290 g/mol. The minimum atomic E-state index is 0.259. The Balaban J connectivity index is 1.83. The van der Waals surface area contributed by atoms with Gasteiger partial charge in [0.1, 0.15) is 0 Å². The van der Waals surface area contributed by atoms with Gasteiger partial charge in [-0.2, -0.15) is 0 Å². The first kappa shape index (κ1) is 14.9. The largest absolute Gasteiger partial charge is 0.395 e. The van der Waals surface area contributed by atoms with Crippen molar-refractivity contribution in [1.82, 2.24) is 9.88 Å². The fraction of sp³-hybridized carbons (Fsp3) is 0.706. The van der Waals surface area contributed by atoms with Crippen LogP contribution < -0.4 is 0 Å². The van der Waals surface area contributed by atoms with Crippen LogP contribution in [0.4, 0.5) is 0 Å².